The second-order valence-corrected chi connectivity index (χ2v) is 8.04. The molecule has 5 rings (SSSR count). The molecule has 0 N–H and O–H groups in total. The summed E-state index contributed by atoms with van der Waals surface area (Å²) in [6.07, 6.45) is -0.785. The number of rotatable bonds is 4. The molecule has 3 aromatic carbocycles. The Kier molecular flexibility index (Phi) is 5.22. The molecule has 2 aliphatic heterocycles. The number of fused-ring (bicyclic) bond motifs is 1. The average Bonchev–Trinajstić information content (AvgIpc) is 3.22. The zero-order chi connectivity index (χ0) is 21.4. The molecule has 0 spiro atoms. The molecule has 2 heterocycles. The quantitative estimate of drug-likeness (QED) is 0.576. The molecule has 0 saturated carbocycles. The van der Waals surface area contributed by atoms with Crippen molar-refractivity contribution in [3.05, 3.63) is 101 Å². The van der Waals surface area contributed by atoms with E-state index in [2.05, 4.69) is 48.2 Å². The molecule has 4 atom stereocenters. The minimum atomic E-state index is -0.529. The van der Waals surface area contributed by atoms with Crippen molar-refractivity contribution in [1.82, 2.24) is 4.90 Å². The third kappa shape index (κ3) is 3.60. The van der Waals surface area contributed by atoms with Crippen molar-refractivity contribution < 1.29 is 19.0 Å². The van der Waals surface area contributed by atoms with Crippen LogP contribution in [0.15, 0.2) is 78.9 Å². The molecule has 5 heteroatoms. The number of nitrogens with zero attached hydrogens (tertiary/aromatic N) is 1. The van der Waals surface area contributed by atoms with Gasteiger partial charge in [-0.15, -0.1) is 0 Å². The van der Waals surface area contributed by atoms with Gasteiger partial charge in [-0.1, -0.05) is 72.3 Å². The van der Waals surface area contributed by atoms with Gasteiger partial charge in [-0.25, -0.2) is 4.90 Å². The first-order valence-electron chi connectivity index (χ1n) is 10.5. The molecule has 3 aromatic rings. The first kappa shape index (κ1) is 19.8. The first-order valence-corrected chi connectivity index (χ1v) is 10.5. The lowest BCUT2D eigenvalue weighted by molar-refractivity contribution is -0.163. The van der Waals surface area contributed by atoms with Crippen LogP contribution in [0.5, 0.6) is 5.75 Å². The summed E-state index contributed by atoms with van der Waals surface area (Å²) in [4.78, 5) is 15.2. The predicted molar refractivity (Wildman–Crippen MR) is 117 cm³/mol. The maximum Gasteiger partial charge on any atom is 0.326 e. The minimum absolute atomic E-state index is 0.0848. The highest BCUT2D eigenvalue weighted by atomic mass is 16.6. The standard InChI is InChI=1S/C26H25NO4/c1-17-8-10-20(11-9-17)25-27-22(18-6-4-3-5-7-18)16-30-26(28)23(27)24(31-25)19-12-14-21(29-2)15-13-19/h3-15,22-25H,16H2,1-2H3/t22-,23?,24-,25+/m1/s1. The van der Waals surface area contributed by atoms with Gasteiger partial charge < -0.3 is 14.2 Å². The molecule has 2 fully saturated rings. The van der Waals surface area contributed by atoms with Crippen molar-refractivity contribution in [1.29, 1.82) is 0 Å². The van der Waals surface area contributed by atoms with Crippen LogP contribution >= 0.6 is 0 Å². The summed E-state index contributed by atoms with van der Waals surface area (Å²) < 4.78 is 17.6. The zero-order valence-corrected chi connectivity index (χ0v) is 17.6. The van der Waals surface area contributed by atoms with Gasteiger partial charge in [0.15, 0.2) is 0 Å². The highest BCUT2D eigenvalue weighted by molar-refractivity contribution is 5.78. The van der Waals surface area contributed by atoms with E-state index in [1.165, 1.54) is 5.56 Å². The Hall–Kier alpha value is -3.15. The Bertz CT molecular complexity index is 1050. The molecule has 2 saturated heterocycles. The second-order valence-electron chi connectivity index (χ2n) is 8.04. The number of carbonyl (C=O) groups excluding carboxylic acids is 1. The number of cyclic esters (lactones) is 1. The number of benzene rings is 3. The number of aryl methyl sites for hydroxylation is 1. The largest absolute Gasteiger partial charge is 0.497 e. The molecule has 0 bridgehead atoms. The SMILES string of the molecule is COc1ccc([C@H]2O[C@@H](c3ccc(C)cc3)N3C2C(=O)OC[C@@H]3c2ccccc2)cc1. The van der Waals surface area contributed by atoms with Crippen LogP contribution < -0.4 is 4.74 Å². The molecule has 0 radical (unpaired) electrons. The third-order valence-electron chi connectivity index (χ3n) is 6.13. The van der Waals surface area contributed by atoms with E-state index in [9.17, 15) is 4.79 Å². The first-order chi connectivity index (χ1) is 15.2. The van der Waals surface area contributed by atoms with Gasteiger partial charge in [-0.05, 0) is 35.7 Å². The topological polar surface area (TPSA) is 48.0 Å². The second kappa shape index (κ2) is 8.17. The molecule has 5 nitrogen and oxygen atoms in total. The van der Waals surface area contributed by atoms with Crippen LogP contribution in [0.25, 0.3) is 0 Å². The average molecular weight is 415 g/mol. The molecular formula is C26H25NO4. The molecule has 0 aliphatic carbocycles. The molecule has 0 amide bonds. The summed E-state index contributed by atoms with van der Waals surface area (Å²) in [5.41, 5.74) is 4.25. The van der Waals surface area contributed by atoms with Crippen LogP contribution in [0.2, 0.25) is 0 Å². The molecule has 1 unspecified atom stereocenters. The van der Waals surface area contributed by atoms with Crippen molar-refractivity contribution in [2.75, 3.05) is 13.7 Å². The highest BCUT2D eigenvalue weighted by Crippen LogP contribution is 2.49. The van der Waals surface area contributed by atoms with Gasteiger partial charge in [-0.3, -0.25) is 4.79 Å². The Morgan fingerprint density at radius 3 is 2.23 bits per heavy atom. The maximum absolute atomic E-state index is 13.0. The number of morpholine rings is 1. The predicted octanol–water partition coefficient (Wildman–Crippen LogP) is 4.74. The zero-order valence-electron chi connectivity index (χ0n) is 17.6. The molecule has 0 aromatic heterocycles. The van der Waals surface area contributed by atoms with Crippen LogP contribution in [0, 0.1) is 6.92 Å². The smallest absolute Gasteiger partial charge is 0.326 e. The van der Waals surface area contributed by atoms with Crippen molar-refractivity contribution in [3.8, 4) is 5.75 Å². The van der Waals surface area contributed by atoms with E-state index in [1.54, 1.807) is 7.11 Å². The number of hydrogen-bond donors (Lipinski definition) is 0. The third-order valence-corrected chi connectivity index (χ3v) is 6.13. The number of ether oxygens (including phenoxy) is 3. The summed E-state index contributed by atoms with van der Waals surface area (Å²) in [6, 6.07) is 25.6. The lowest BCUT2D eigenvalue weighted by Crippen LogP contribution is -2.49. The van der Waals surface area contributed by atoms with Gasteiger partial charge in [0.1, 0.15) is 30.7 Å². The van der Waals surface area contributed by atoms with Gasteiger partial charge >= 0.3 is 5.97 Å². The van der Waals surface area contributed by atoms with Crippen molar-refractivity contribution in [2.24, 2.45) is 0 Å². The fourth-order valence-corrected chi connectivity index (χ4v) is 4.50. The van der Waals surface area contributed by atoms with E-state index in [4.69, 9.17) is 14.2 Å². The minimum Gasteiger partial charge on any atom is -0.497 e. The summed E-state index contributed by atoms with van der Waals surface area (Å²) in [6.45, 7) is 2.37. The van der Waals surface area contributed by atoms with Gasteiger partial charge in [0.2, 0.25) is 0 Å². The van der Waals surface area contributed by atoms with E-state index in [0.29, 0.717) is 6.61 Å². The Morgan fingerprint density at radius 1 is 0.871 bits per heavy atom. The molecule has 158 valence electrons. The highest BCUT2D eigenvalue weighted by Gasteiger charge is 2.54. The van der Waals surface area contributed by atoms with E-state index < -0.39 is 12.1 Å². The van der Waals surface area contributed by atoms with E-state index in [-0.39, 0.29) is 18.2 Å². The Balaban J connectivity index is 1.59. The van der Waals surface area contributed by atoms with E-state index >= 15 is 0 Å². The Labute approximate surface area is 182 Å². The fraction of sp³-hybridized carbons (Fsp3) is 0.269. The summed E-state index contributed by atoms with van der Waals surface area (Å²) in [5.74, 6) is 0.518. The monoisotopic (exact) mass is 415 g/mol. The van der Waals surface area contributed by atoms with Crippen LogP contribution in [-0.2, 0) is 14.3 Å². The number of carbonyl (C=O) groups is 1. The molecule has 2 aliphatic rings. The van der Waals surface area contributed by atoms with Crippen LogP contribution in [0.4, 0.5) is 0 Å². The lowest BCUT2D eigenvalue weighted by atomic mass is 9.96. The van der Waals surface area contributed by atoms with Gasteiger partial charge in [0.25, 0.3) is 0 Å². The lowest BCUT2D eigenvalue weighted by Gasteiger charge is -2.39. The van der Waals surface area contributed by atoms with E-state index in [0.717, 1.165) is 22.4 Å². The summed E-state index contributed by atoms with van der Waals surface area (Å²) in [7, 11) is 1.64. The summed E-state index contributed by atoms with van der Waals surface area (Å²) >= 11 is 0. The van der Waals surface area contributed by atoms with Crippen molar-refractivity contribution in [3.63, 3.8) is 0 Å². The number of esters is 1. The van der Waals surface area contributed by atoms with Crippen LogP contribution in [0.1, 0.15) is 40.6 Å². The number of hydrogen-bond acceptors (Lipinski definition) is 5. The normalized spacial score (nSPS) is 25.7. The number of methoxy groups -OCH3 is 1. The van der Waals surface area contributed by atoms with Crippen molar-refractivity contribution >= 4 is 5.97 Å². The maximum atomic E-state index is 13.0. The van der Waals surface area contributed by atoms with E-state index in [1.807, 2.05) is 42.5 Å². The molecular weight excluding hydrogens is 390 g/mol. The summed E-state index contributed by atoms with van der Waals surface area (Å²) in [5, 5.41) is 0. The van der Waals surface area contributed by atoms with Gasteiger partial charge in [0, 0.05) is 0 Å². The molecule has 31 heavy (non-hydrogen) atoms. The van der Waals surface area contributed by atoms with Crippen molar-refractivity contribution in [2.45, 2.75) is 31.3 Å². The van der Waals surface area contributed by atoms with Gasteiger partial charge in [-0.2, -0.15) is 0 Å². The fourth-order valence-electron chi connectivity index (χ4n) is 4.50. The van der Waals surface area contributed by atoms with Gasteiger partial charge in [0.05, 0.1) is 13.2 Å². The van der Waals surface area contributed by atoms with Crippen LogP contribution in [-0.4, -0.2) is 30.6 Å². The Morgan fingerprint density at radius 2 is 1.55 bits per heavy atom. The van der Waals surface area contributed by atoms with Crippen LogP contribution in [0.3, 0.4) is 0 Å².